The molecule has 17 heavy (non-hydrogen) atoms. The minimum Gasteiger partial charge on any atom is -0.359 e. The molecule has 0 aliphatic rings. The second-order valence-electron chi connectivity index (χ2n) is 4.47. The van der Waals surface area contributed by atoms with Crippen molar-refractivity contribution in [3.05, 3.63) is 36.2 Å². The third-order valence-electron chi connectivity index (χ3n) is 2.45. The van der Waals surface area contributed by atoms with Crippen molar-refractivity contribution in [1.29, 1.82) is 0 Å². The van der Waals surface area contributed by atoms with Crippen LogP contribution >= 0.6 is 0 Å². The number of nitrogens with zero attached hydrogens (tertiary/aromatic N) is 3. The zero-order valence-electron chi connectivity index (χ0n) is 10.3. The van der Waals surface area contributed by atoms with Crippen LogP contribution in [0.1, 0.15) is 25.4 Å². The fourth-order valence-corrected chi connectivity index (χ4v) is 1.62. The first-order valence-corrected chi connectivity index (χ1v) is 5.86. The molecule has 5 heteroatoms. The Bertz CT molecular complexity index is 433. The normalized spacial score (nSPS) is 11.2. The van der Waals surface area contributed by atoms with Gasteiger partial charge in [0.05, 0.1) is 19.3 Å². The second kappa shape index (κ2) is 5.63. The third kappa shape index (κ3) is 3.42. The standard InChI is InChI=1S/C12H18N4O/c1-10(2)7-13-8-12-14-5-6-16(12)9-11-3-4-15-17-11/h3-6,10,13H,7-9H2,1-2H3. The maximum atomic E-state index is 5.09. The number of hydrogen-bond donors (Lipinski definition) is 1. The topological polar surface area (TPSA) is 55.9 Å². The summed E-state index contributed by atoms with van der Waals surface area (Å²) in [6.45, 7) is 6.83. The lowest BCUT2D eigenvalue weighted by atomic mass is 10.2. The van der Waals surface area contributed by atoms with Crippen LogP contribution in [0.15, 0.2) is 29.2 Å². The molecular formula is C12H18N4O. The summed E-state index contributed by atoms with van der Waals surface area (Å²) in [7, 11) is 0. The average Bonchev–Trinajstić information content (AvgIpc) is 2.91. The Labute approximate surface area is 101 Å². The lowest BCUT2D eigenvalue weighted by Gasteiger charge is -2.08. The van der Waals surface area contributed by atoms with Crippen LogP contribution < -0.4 is 5.32 Å². The Morgan fingerprint density at radius 1 is 1.41 bits per heavy atom. The van der Waals surface area contributed by atoms with E-state index in [9.17, 15) is 0 Å². The van der Waals surface area contributed by atoms with E-state index in [-0.39, 0.29) is 0 Å². The molecule has 92 valence electrons. The van der Waals surface area contributed by atoms with Crippen molar-refractivity contribution in [3.8, 4) is 0 Å². The van der Waals surface area contributed by atoms with E-state index in [4.69, 9.17) is 4.52 Å². The SMILES string of the molecule is CC(C)CNCc1nccn1Cc1ccno1. The zero-order valence-corrected chi connectivity index (χ0v) is 10.3. The van der Waals surface area contributed by atoms with Crippen molar-refractivity contribution in [3.63, 3.8) is 0 Å². The first-order valence-electron chi connectivity index (χ1n) is 5.86. The monoisotopic (exact) mass is 234 g/mol. The Balaban J connectivity index is 1.92. The van der Waals surface area contributed by atoms with E-state index in [0.29, 0.717) is 12.5 Å². The van der Waals surface area contributed by atoms with Crippen LogP contribution in [0, 0.1) is 5.92 Å². The summed E-state index contributed by atoms with van der Waals surface area (Å²) in [5.41, 5.74) is 0. The van der Waals surface area contributed by atoms with Gasteiger partial charge in [-0.05, 0) is 12.5 Å². The van der Waals surface area contributed by atoms with E-state index in [1.165, 1.54) is 0 Å². The van der Waals surface area contributed by atoms with Crippen LogP contribution in [-0.2, 0) is 13.1 Å². The summed E-state index contributed by atoms with van der Waals surface area (Å²) in [5.74, 6) is 2.50. The summed E-state index contributed by atoms with van der Waals surface area (Å²) < 4.78 is 7.15. The van der Waals surface area contributed by atoms with E-state index >= 15 is 0 Å². The van der Waals surface area contributed by atoms with Crippen molar-refractivity contribution >= 4 is 0 Å². The molecule has 0 aliphatic heterocycles. The molecule has 2 heterocycles. The third-order valence-corrected chi connectivity index (χ3v) is 2.45. The van der Waals surface area contributed by atoms with E-state index in [1.807, 2.05) is 18.5 Å². The van der Waals surface area contributed by atoms with Crippen molar-refractivity contribution in [2.75, 3.05) is 6.54 Å². The van der Waals surface area contributed by atoms with E-state index < -0.39 is 0 Å². The summed E-state index contributed by atoms with van der Waals surface area (Å²) in [6.07, 6.45) is 5.42. The van der Waals surface area contributed by atoms with Gasteiger partial charge in [-0.15, -0.1) is 0 Å². The molecule has 5 nitrogen and oxygen atoms in total. The molecule has 0 aliphatic carbocycles. The van der Waals surface area contributed by atoms with E-state index in [0.717, 1.165) is 24.7 Å². The largest absolute Gasteiger partial charge is 0.359 e. The molecule has 0 fully saturated rings. The summed E-state index contributed by atoms with van der Waals surface area (Å²) in [6, 6.07) is 1.87. The quantitative estimate of drug-likeness (QED) is 0.826. The van der Waals surface area contributed by atoms with E-state index in [1.54, 1.807) is 6.20 Å². The highest BCUT2D eigenvalue weighted by atomic mass is 16.5. The Morgan fingerprint density at radius 2 is 2.29 bits per heavy atom. The van der Waals surface area contributed by atoms with Gasteiger partial charge in [0.25, 0.3) is 0 Å². The minimum absolute atomic E-state index is 0.646. The fraction of sp³-hybridized carbons (Fsp3) is 0.500. The fourth-order valence-electron chi connectivity index (χ4n) is 1.62. The Hall–Kier alpha value is -1.62. The van der Waals surface area contributed by atoms with Crippen molar-refractivity contribution in [2.45, 2.75) is 26.9 Å². The molecule has 0 bridgehead atoms. The molecular weight excluding hydrogens is 216 g/mol. The van der Waals surface area contributed by atoms with Gasteiger partial charge in [0.1, 0.15) is 5.82 Å². The van der Waals surface area contributed by atoms with Gasteiger partial charge >= 0.3 is 0 Å². The van der Waals surface area contributed by atoms with Gasteiger partial charge in [-0.2, -0.15) is 0 Å². The molecule has 1 N–H and O–H groups in total. The molecule has 0 saturated carbocycles. The summed E-state index contributed by atoms with van der Waals surface area (Å²) >= 11 is 0. The van der Waals surface area contributed by atoms with Crippen molar-refractivity contribution in [2.24, 2.45) is 5.92 Å². The maximum absolute atomic E-state index is 5.09. The van der Waals surface area contributed by atoms with E-state index in [2.05, 4.69) is 33.9 Å². The number of imidazole rings is 1. The lowest BCUT2D eigenvalue weighted by Crippen LogP contribution is -2.21. The smallest absolute Gasteiger partial charge is 0.156 e. The molecule has 2 rings (SSSR count). The van der Waals surface area contributed by atoms with Crippen LogP contribution in [0.4, 0.5) is 0 Å². The molecule has 2 aromatic rings. The van der Waals surface area contributed by atoms with Gasteiger partial charge in [0.15, 0.2) is 5.76 Å². The average molecular weight is 234 g/mol. The summed E-state index contributed by atoms with van der Waals surface area (Å²) in [5, 5.41) is 7.07. The number of hydrogen-bond acceptors (Lipinski definition) is 4. The number of nitrogens with one attached hydrogen (secondary N) is 1. The minimum atomic E-state index is 0.646. The predicted octanol–water partition coefficient (Wildman–Crippen LogP) is 1.66. The van der Waals surface area contributed by atoms with Crippen LogP contribution in [-0.4, -0.2) is 21.3 Å². The maximum Gasteiger partial charge on any atom is 0.156 e. The van der Waals surface area contributed by atoms with Gasteiger partial charge in [-0.1, -0.05) is 19.0 Å². The molecule has 0 amide bonds. The number of rotatable bonds is 6. The highest BCUT2D eigenvalue weighted by Crippen LogP contribution is 2.04. The first kappa shape index (κ1) is 11.9. The predicted molar refractivity (Wildman–Crippen MR) is 64.4 cm³/mol. The van der Waals surface area contributed by atoms with Crippen molar-refractivity contribution in [1.82, 2.24) is 20.0 Å². The summed E-state index contributed by atoms with van der Waals surface area (Å²) in [4.78, 5) is 4.33. The molecule has 0 radical (unpaired) electrons. The molecule has 2 aromatic heterocycles. The van der Waals surface area contributed by atoms with Crippen LogP contribution in [0.5, 0.6) is 0 Å². The molecule has 0 spiro atoms. The number of aromatic nitrogens is 3. The van der Waals surface area contributed by atoms with Crippen LogP contribution in [0.25, 0.3) is 0 Å². The molecule has 0 aromatic carbocycles. The van der Waals surface area contributed by atoms with Gasteiger partial charge in [-0.25, -0.2) is 4.98 Å². The zero-order chi connectivity index (χ0) is 12.1. The Morgan fingerprint density at radius 3 is 3.00 bits per heavy atom. The van der Waals surface area contributed by atoms with Gasteiger partial charge in [-0.3, -0.25) is 0 Å². The molecule has 0 atom stereocenters. The first-order chi connectivity index (χ1) is 8.25. The lowest BCUT2D eigenvalue weighted by molar-refractivity contribution is 0.374. The van der Waals surface area contributed by atoms with Gasteiger partial charge < -0.3 is 14.4 Å². The highest BCUT2D eigenvalue weighted by Gasteiger charge is 2.05. The Kier molecular flexibility index (Phi) is 3.93. The van der Waals surface area contributed by atoms with Crippen LogP contribution in [0.2, 0.25) is 0 Å². The van der Waals surface area contributed by atoms with Crippen molar-refractivity contribution < 1.29 is 4.52 Å². The highest BCUT2D eigenvalue weighted by molar-refractivity contribution is 4.99. The molecule has 0 unspecified atom stereocenters. The molecule has 0 saturated heterocycles. The van der Waals surface area contributed by atoms with Gasteiger partial charge in [0.2, 0.25) is 0 Å². The second-order valence-corrected chi connectivity index (χ2v) is 4.47. The van der Waals surface area contributed by atoms with Gasteiger partial charge in [0, 0.05) is 18.5 Å². The van der Waals surface area contributed by atoms with Crippen LogP contribution in [0.3, 0.4) is 0 Å².